The standard InChI is InChI=1S/C16H20BrFN4S.HI/c1-4-19-16(21-9-15-10(2)22-11(3)23-15)20-8-12-7-13(17)5-6-14(12)18;/h5-7H,4,8-9H2,1-3H3,(H2,19,20,21);1H. The third kappa shape index (κ3) is 6.29. The summed E-state index contributed by atoms with van der Waals surface area (Å²) in [5.41, 5.74) is 1.59. The van der Waals surface area contributed by atoms with Crippen LogP contribution in [0.15, 0.2) is 27.7 Å². The van der Waals surface area contributed by atoms with E-state index in [1.807, 2.05) is 20.8 Å². The molecule has 0 unspecified atom stereocenters. The summed E-state index contributed by atoms with van der Waals surface area (Å²) in [6, 6.07) is 4.87. The number of hydrogen-bond acceptors (Lipinski definition) is 3. The molecule has 1 aromatic carbocycles. The van der Waals surface area contributed by atoms with Crippen molar-refractivity contribution in [1.82, 2.24) is 15.6 Å². The SMILES string of the molecule is CCNC(=NCc1cc(Br)ccc1F)NCc1sc(C)nc1C.I. The van der Waals surface area contributed by atoms with E-state index in [-0.39, 0.29) is 36.3 Å². The number of halogens is 3. The minimum atomic E-state index is -0.248. The van der Waals surface area contributed by atoms with Crippen molar-refractivity contribution >= 4 is 57.2 Å². The Morgan fingerprint density at radius 2 is 2.08 bits per heavy atom. The Hall–Kier alpha value is -0.740. The third-order valence-electron chi connectivity index (χ3n) is 3.18. The van der Waals surface area contributed by atoms with E-state index in [2.05, 4.69) is 36.5 Å². The molecule has 4 nitrogen and oxygen atoms in total. The Kier molecular flexibility index (Phi) is 9.14. The van der Waals surface area contributed by atoms with E-state index >= 15 is 0 Å². The first kappa shape index (κ1) is 21.3. The van der Waals surface area contributed by atoms with Crippen molar-refractivity contribution in [3.8, 4) is 0 Å². The Bertz CT molecular complexity index is 705. The highest BCUT2D eigenvalue weighted by molar-refractivity contribution is 14.0. The number of thiazole rings is 1. The fraction of sp³-hybridized carbons (Fsp3) is 0.375. The molecule has 0 saturated heterocycles. The van der Waals surface area contributed by atoms with Crippen molar-refractivity contribution in [3.05, 3.63) is 49.6 Å². The van der Waals surface area contributed by atoms with Crippen LogP contribution < -0.4 is 10.6 Å². The van der Waals surface area contributed by atoms with Crippen LogP contribution in [0.2, 0.25) is 0 Å². The van der Waals surface area contributed by atoms with Gasteiger partial charge in [0, 0.05) is 21.5 Å². The van der Waals surface area contributed by atoms with Gasteiger partial charge in [-0.05, 0) is 39.0 Å². The molecular formula is C16H21BrFIN4S. The molecule has 0 saturated carbocycles. The van der Waals surface area contributed by atoms with Gasteiger partial charge in [0.2, 0.25) is 0 Å². The molecule has 0 amide bonds. The van der Waals surface area contributed by atoms with Gasteiger partial charge in [-0.1, -0.05) is 15.9 Å². The van der Waals surface area contributed by atoms with Crippen LogP contribution in [0.3, 0.4) is 0 Å². The molecule has 0 bridgehead atoms. The fourth-order valence-corrected chi connectivity index (χ4v) is 3.36. The lowest BCUT2D eigenvalue weighted by Gasteiger charge is -2.11. The van der Waals surface area contributed by atoms with Crippen LogP contribution >= 0.6 is 51.2 Å². The number of nitrogens with one attached hydrogen (secondary N) is 2. The van der Waals surface area contributed by atoms with Crippen molar-refractivity contribution in [2.45, 2.75) is 33.9 Å². The summed E-state index contributed by atoms with van der Waals surface area (Å²) in [5.74, 6) is 0.416. The van der Waals surface area contributed by atoms with Gasteiger partial charge in [-0.25, -0.2) is 14.4 Å². The number of aromatic nitrogens is 1. The molecule has 2 aromatic rings. The maximum absolute atomic E-state index is 13.8. The molecule has 1 aromatic heterocycles. The second kappa shape index (κ2) is 10.3. The number of benzene rings is 1. The first-order valence-electron chi connectivity index (χ1n) is 7.38. The molecule has 0 atom stereocenters. The van der Waals surface area contributed by atoms with E-state index in [4.69, 9.17) is 0 Å². The van der Waals surface area contributed by atoms with E-state index in [1.54, 1.807) is 23.5 Å². The van der Waals surface area contributed by atoms with E-state index < -0.39 is 0 Å². The average Bonchev–Trinajstić information content (AvgIpc) is 2.83. The predicted octanol–water partition coefficient (Wildman–Crippen LogP) is 4.53. The van der Waals surface area contributed by atoms with Gasteiger partial charge >= 0.3 is 0 Å². The van der Waals surface area contributed by atoms with Crippen molar-refractivity contribution in [2.24, 2.45) is 4.99 Å². The highest BCUT2D eigenvalue weighted by Gasteiger charge is 2.07. The van der Waals surface area contributed by atoms with Crippen molar-refractivity contribution in [1.29, 1.82) is 0 Å². The summed E-state index contributed by atoms with van der Waals surface area (Å²) in [4.78, 5) is 10.1. The molecule has 0 spiro atoms. The number of aliphatic imine (C=N–C) groups is 1. The van der Waals surface area contributed by atoms with Gasteiger partial charge in [0.1, 0.15) is 5.82 Å². The quantitative estimate of drug-likeness (QED) is 0.342. The van der Waals surface area contributed by atoms with Crippen LogP contribution in [0.1, 0.15) is 28.1 Å². The summed E-state index contributed by atoms with van der Waals surface area (Å²) in [6.45, 7) is 7.68. The van der Waals surface area contributed by atoms with Crippen LogP contribution in [0.5, 0.6) is 0 Å². The van der Waals surface area contributed by atoms with Crippen LogP contribution in [0.25, 0.3) is 0 Å². The van der Waals surface area contributed by atoms with Crippen LogP contribution in [0, 0.1) is 19.7 Å². The Morgan fingerprint density at radius 1 is 1.33 bits per heavy atom. The lowest BCUT2D eigenvalue weighted by Crippen LogP contribution is -2.36. The highest BCUT2D eigenvalue weighted by Crippen LogP contribution is 2.17. The van der Waals surface area contributed by atoms with Crippen molar-refractivity contribution < 1.29 is 4.39 Å². The lowest BCUT2D eigenvalue weighted by molar-refractivity contribution is 0.610. The zero-order valence-corrected chi connectivity index (χ0v) is 18.6. The van der Waals surface area contributed by atoms with Crippen LogP contribution in [-0.2, 0) is 13.1 Å². The number of hydrogen-bond donors (Lipinski definition) is 2. The Morgan fingerprint density at radius 3 is 2.71 bits per heavy atom. The van der Waals surface area contributed by atoms with Gasteiger partial charge < -0.3 is 10.6 Å². The lowest BCUT2D eigenvalue weighted by atomic mass is 10.2. The second-order valence-corrected chi connectivity index (χ2v) is 7.23. The van der Waals surface area contributed by atoms with Crippen LogP contribution in [0.4, 0.5) is 4.39 Å². The molecule has 0 aliphatic heterocycles. The molecule has 132 valence electrons. The molecule has 1 heterocycles. The first-order chi connectivity index (χ1) is 11.0. The van der Waals surface area contributed by atoms with Gasteiger partial charge in [-0.15, -0.1) is 35.3 Å². The summed E-state index contributed by atoms with van der Waals surface area (Å²) in [5, 5.41) is 7.50. The molecule has 0 aliphatic rings. The maximum atomic E-state index is 13.8. The smallest absolute Gasteiger partial charge is 0.191 e. The predicted molar refractivity (Wildman–Crippen MR) is 113 cm³/mol. The van der Waals surface area contributed by atoms with Gasteiger partial charge in [0.25, 0.3) is 0 Å². The summed E-state index contributed by atoms with van der Waals surface area (Å²) in [6.07, 6.45) is 0. The molecular weight excluding hydrogens is 506 g/mol. The number of nitrogens with zero attached hydrogens (tertiary/aromatic N) is 2. The Balaban J connectivity index is 0.00000288. The highest BCUT2D eigenvalue weighted by atomic mass is 127. The van der Waals surface area contributed by atoms with E-state index in [0.29, 0.717) is 18.1 Å². The maximum Gasteiger partial charge on any atom is 0.191 e. The molecule has 2 N–H and O–H groups in total. The Labute approximate surface area is 171 Å². The summed E-state index contributed by atoms with van der Waals surface area (Å²) >= 11 is 5.02. The molecule has 8 heteroatoms. The molecule has 2 rings (SSSR count). The molecule has 0 radical (unpaired) electrons. The first-order valence-corrected chi connectivity index (χ1v) is 8.99. The number of guanidine groups is 1. The van der Waals surface area contributed by atoms with Crippen molar-refractivity contribution in [2.75, 3.05) is 6.54 Å². The minimum Gasteiger partial charge on any atom is -0.357 e. The van der Waals surface area contributed by atoms with Gasteiger partial charge in [-0.2, -0.15) is 0 Å². The molecule has 0 aliphatic carbocycles. The fourth-order valence-electron chi connectivity index (χ4n) is 2.07. The number of aryl methyl sites for hydroxylation is 2. The van der Waals surface area contributed by atoms with Crippen LogP contribution in [-0.4, -0.2) is 17.5 Å². The van der Waals surface area contributed by atoms with Gasteiger partial charge in [-0.3, -0.25) is 0 Å². The summed E-state index contributed by atoms with van der Waals surface area (Å²) in [7, 11) is 0. The topological polar surface area (TPSA) is 49.3 Å². The normalized spacial score (nSPS) is 11.1. The van der Waals surface area contributed by atoms with E-state index in [1.165, 1.54) is 10.9 Å². The number of rotatable bonds is 5. The average molecular weight is 527 g/mol. The largest absolute Gasteiger partial charge is 0.357 e. The molecule has 0 fully saturated rings. The zero-order valence-electron chi connectivity index (χ0n) is 13.8. The van der Waals surface area contributed by atoms with Crippen molar-refractivity contribution in [3.63, 3.8) is 0 Å². The second-order valence-electron chi connectivity index (χ2n) is 5.03. The minimum absolute atomic E-state index is 0. The monoisotopic (exact) mass is 526 g/mol. The summed E-state index contributed by atoms with van der Waals surface area (Å²) < 4.78 is 14.6. The molecule has 24 heavy (non-hydrogen) atoms. The van der Waals surface area contributed by atoms with E-state index in [0.717, 1.165) is 21.7 Å². The van der Waals surface area contributed by atoms with E-state index in [9.17, 15) is 4.39 Å². The van der Waals surface area contributed by atoms with Gasteiger partial charge in [0.05, 0.1) is 23.8 Å². The zero-order chi connectivity index (χ0) is 16.8. The third-order valence-corrected chi connectivity index (χ3v) is 4.74. The van der Waals surface area contributed by atoms with Gasteiger partial charge in [0.15, 0.2) is 5.96 Å².